The molecule has 0 saturated carbocycles. The number of nitrogens with zero attached hydrogens (tertiary/aromatic N) is 2. The summed E-state index contributed by atoms with van der Waals surface area (Å²) in [5.74, 6) is -1.13. The first-order valence-corrected chi connectivity index (χ1v) is 7.73. The number of carbonyl (C=O) groups is 1. The number of carboxylic acid groups (broad SMARTS) is 1. The number of hydrogen-bond donors (Lipinski definition) is 1. The average molecular weight is 284 g/mol. The van der Waals surface area contributed by atoms with E-state index in [9.17, 15) is 13.2 Å². The molecule has 1 aliphatic heterocycles. The van der Waals surface area contributed by atoms with Crippen LogP contribution < -0.4 is 0 Å². The van der Waals surface area contributed by atoms with E-state index in [0.717, 1.165) is 9.87 Å². The molecule has 0 bridgehead atoms. The number of aryl methyl sites for hydroxylation is 1. The van der Waals surface area contributed by atoms with Crippen molar-refractivity contribution in [2.24, 2.45) is 0 Å². The highest BCUT2D eigenvalue weighted by molar-refractivity contribution is 7.89. The van der Waals surface area contributed by atoms with Gasteiger partial charge in [0.1, 0.15) is 6.04 Å². The molecule has 0 radical (unpaired) electrons. The second kappa shape index (κ2) is 5.66. The molecule has 1 N–H and O–H groups in total. The molecule has 1 aliphatic rings. The number of hydrogen-bond acceptors (Lipinski definition) is 4. The largest absolute Gasteiger partial charge is 0.480 e. The Kier molecular flexibility index (Phi) is 4.16. The van der Waals surface area contributed by atoms with E-state index in [-0.39, 0.29) is 5.75 Å². The Labute approximate surface area is 112 Å². The Balaban J connectivity index is 2.04. The number of carboxylic acids is 1. The lowest BCUT2D eigenvalue weighted by Crippen LogP contribution is -2.41. The van der Waals surface area contributed by atoms with Crippen molar-refractivity contribution in [1.82, 2.24) is 9.29 Å². The third kappa shape index (κ3) is 3.30. The van der Waals surface area contributed by atoms with Crippen molar-refractivity contribution in [1.29, 1.82) is 0 Å². The molecule has 2 heterocycles. The van der Waals surface area contributed by atoms with Crippen LogP contribution in [0.2, 0.25) is 0 Å². The molecule has 1 fully saturated rings. The highest BCUT2D eigenvalue weighted by Crippen LogP contribution is 2.22. The van der Waals surface area contributed by atoms with Crippen LogP contribution in [-0.4, -0.2) is 47.1 Å². The highest BCUT2D eigenvalue weighted by Gasteiger charge is 2.38. The van der Waals surface area contributed by atoms with E-state index in [1.54, 1.807) is 24.5 Å². The molecular formula is C12H16N2O4S. The molecule has 1 aromatic rings. The fourth-order valence-corrected chi connectivity index (χ4v) is 3.95. The molecule has 0 amide bonds. The van der Waals surface area contributed by atoms with Crippen molar-refractivity contribution in [3.05, 3.63) is 30.1 Å². The van der Waals surface area contributed by atoms with Crippen LogP contribution in [0.4, 0.5) is 0 Å². The van der Waals surface area contributed by atoms with Gasteiger partial charge in [0, 0.05) is 18.9 Å². The second-order valence-electron chi connectivity index (χ2n) is 4.53. The predicted molar refractivity (Wildman–Crippen MR) is 69.1 cm³/mol. The summed E-state index contributed by atoms with van der Waals surface area (Å²) in [7, 11) is -3.52. The molecule has 1 aromatic heterocycles. The van der Waals surface area contributed by atoms with Gasteiger partial charge in [0.15, 0.2) is 0 Å². The Morgan fingerprint density at radius 1 is 1.42 bits per heavy atom. The summed E-state index contributed by atoms with van der Waals surface area (Å²) in [6.07, 6.45) is 4.58. The average Bonchev–Trinajstić information content (AvgIpc) is 2.88. The van der Waals surface area contributed by atoms with Gasteiger partial charge in [0.25, 0.3) is 0 Å². The van der Waals surface area contributed by atoms with E-state index in [1.165, 1.54) is 0 Å². The van der Waals surface area contributed by atoms with Crippen molar-refractivity contribution >= 4 is 16.0 Å². The van der Waals surface area contributed by atoms with E-state index in [1.807, 2.05) is 0 Å². The summed E-state index contributed by atoms with van der Waals surface area (Å²) in [5, 5.41) is 9.02. The van der Waals surface area contributed by atoms with Gasteiger partial charge in [-0.25, -0.2) is 8.42 Å². The van der Waals surface area contributed by atoms with Gasteiger partial charge in [-0.05, 0) is 37.0 Å². The van der Waals surface area contributed by atoms with Crippen LogP contribution in [0, 0.1) is 0 Å². The van der Waals surface area contributed by atoms with Crippen molar-refractivity contribution < 1.29 is 18.3 Å². The van der Waals surface area contributed by atoms with Crippen LogP contribution >= 0.6 is 0 Å². The van der Waals surface area contributed by atoms with Crippen LogP contribution in [0.5, 0.6) is 0 Å². The van der Waals surface area contributed by atoms with E-state index in [0.29, 0.717) is 25.8 Å². The standard InChI is InChI=1S/C12H16N2O4S/c15-12(16)11-2-1-8-14(11)19(17,18)9-5-10-3-6-13-7-4-10/h3-4,6-7,11H,1-2,5,8-9H2,(H,15,16). The van der Waals surface area contributed by atoms with E-state index >= 15 is 0 Å². The van der Waals surface area contributed by atoms with Crippen molar-refractivity contribution in [2.45, 2.75) is 25.3 Å². The Hall–Kier alpha value is -1.47. The molecule has 1 atom stereocenters. The van der Waals surface area contributed by atoms with E-state index in [2.05, 4.69) is 4.98 Å². The van der Waals surface area contributed by atoms with Crippen molar-refractivity contribution in [2.75, 3.05) is 12.3 Å². The second-order valence-corrected chi connectivity index (χ2v) is 6.57. The molecule has 6 nitrogen and oxygen atoms in total. The molecule has 1 unspecified atom stereocenters. The SMILES string of the molecule is O=C(O)C1CCCN1S(=O)(=O)CCc1ccncc1. The first kappa shape index (κ1) is 14.0. The molecule has 2 rings (SSSR count). The lowest BCUT2D eigenvalue weighted by atomic mass is 10.2. The zero-order valence-corrected chi connectivity index (χ0v) is 11.2. The maximum atomic E-state index is 12.2. The maximum absolute atomic E-state index is 12.2. The van der Waals surface area contributed by atoms with E-state index in [4.69, 9.17) is 5.11 Å². The molecule has 19 heavy (non-hydrogen) atoms. The fourth-order valence-electron chi connectivity index (χ4n) is 2.23. The quantitative estimate of drug-likeness (QED) is 0.851. The number of aromatic nitrogens is 1. The lowest BCUT2D eigenvalue weighted by Gasteiger charge is -2.20. The molecule has 1 saturated heterocycles. The number of aliphatic carboxylic acids is 1. The van der Waals surface area contributed by atoms with Crippen LogP contribution in [0.1, 0.15) is 18.4 Å². The summed E-state index contributed by atoms with van der Waals surface area (Å²) in [6, 6.07) is 2.62. The van der Waals surface area contributed by atoms with Crippen LogP contribution in [0.25, 0.3) is 0 Å². The highest BCUT2D eigenvalue weighted by atomic mass is 32.2. The fraction of sp³-hybridized carbons (Fsp3) is 0.500. The maximum Gasteiger partial charge on any atom is 0.322 e. The predicted octanol–water partition coefficient (Wildman–Crippen LogP) is 0.503. The Bertz CT molecular complexity index is 544. The number of sulfonamides is 1. The normalized spacial score (nSPS) is 20.5. The van der Waals surface area contributed by atoms with Gasteiger partial charge in [-0.2, -0.15) is 4.31 Å². The summed E-state index contributed by atoms with van der Waals surface area (Å²) >= 11 is 0. The van der Waals surface area contributed by atoms with Crippen LogP contribution in [-0.2, 0) is 21.2 Å². The minimum absolute atomic E-state index is 0.0687. The molecule has 104 valence electrons. The lowest BCUT2D eigenvalue weighted by molar-refractivity contribution is -0.140. The number of pyridine rings is 1. The van der Waals surface area contributed by atoms with Gasteiger partial charge in [0.2, 0.25) is 10.0 Å². The van der Waals surface area contributed by atoms with Gasteiger partial charge < -0.3 is 5.11 Å². The van der Waals surface area contributed by atoms with Gasteiger partial charge in [-0.3, -0.25) is 9.78 Å². The minimum Gasteiger partial charge on any atom is -0.480 e. The molecule has 0 spiro atoms. The summed E-state index contributed by atoms with van der Waals surface area (Å²) in [5.41, 5.74) is 0.879. The van der Waals surface area contributed by atoms with Crippen molar-refractivity contribution in [3.63, 3.8) is 0 Å². The summed E-state index contributed by atoms with van der Waals surface area (Å²) in [4.78, 5) is 14.9. The first-order chi connectivity index (χ1) is 9.00. The zero-order valence-electron chi connectivity index (χ0n) is 10.4. The van der Waals surface area contributed by atoms with Gasteiger partial charge in [-0.1, -0.05) is 0 Å². The molecule has 7 heteroatoms. The minimum atomic E-state index is -3.52. The third-order valence-corrected chi connectivity index (χ3v) is 5.12. The molecule has 0 aliphatic carbocycles. The summed E-state index contributed by atoms with van der Waals surface area (Å²) < 4.78 is 25.5. The Morgan fingerprint density at radius 2 is 2.11 bits per heavy atom. The Morgan fingerprint density at radius 3 is 2.74 bits per heavy atom. The van der Waals surface area contributed by atoms with Crippen LogP contribution in [0.15, 0.2) is 24.5 Å². The smallest absolute Gasteiger partial charge is 0.322 e. The number of rotatable bonds is 5. The van der Waals surface area contributed by atoms with Gasteiger partial charge in [0.05, 0.1) is 5.75 Å². The van der Waals surface area contributed by atoms with Gasteiger partial charge >= 0.3 is 5.97 Å². The van der Waals surface area contributed by atoms with E-state index < -0.39 is 22.0 Å². The molecule has 0 aromatic carbocycles. The first-order valence-electron chi connectivity index (χ1n) is 6.12. The van der Waals surface area contributed by atoms with Gasteiger partial charge in [-0.15, -0.1) is 0 Å². The monoisotopic (exact) mass is 284 g/mol. The van der Waals surface area contributed by atoms with Crippen molar-refractivity contribution in [3.8, 4) is 0 Å². The third-order valence-electron chi connectivity index (χ3n) is 3.24. The molecular weight excluding hydrogens is 268 g/mol. The summed E-state index contributed by atoms with van der Waals surface area (Å²) in [6.45, 7) is 0.301. The topological polar surface area (TPSA) is 87.6 Å². The zero-order chi connectivity index (χ0) is 13.9. The van der Waals surface area contributed by atoms with Crippen LogP contribution in [0.3, 0.4) is 0 Å².